The van der Waals surface area contributed by atoms with Crippen LogP contribution in [-0.4, -0.2) is 36.4 Å². The molecule has 2 amide bonds. The molecule has 1 N–H and O–H groups in total. The van der Waals surface area contributed by atoms with Gasteiger partial charge in [0.25, 0.3) is 0 Å². The SMILES string of the molecule is COc1ccc(CC(=O)N[C@H](C(=O)N2CCc3ccccc3C2)C(C)C)cc1. The molecule has 0 aliphatic carbocycles. The van der Waals surface area contributed by atoms with Gasteiger partial charge in [-0.25, -0.2) is 0 Å². The lowest BCUT2D eigenvalue weighted by Crippen LogP contribution is -2.52. The van der Waals surface area contributed by atoms with Gasteiger partial charge in [0.2, 0.25) is 11.8 Å². The number of ether oxygens (including phenoxy) is 1. The first-order valence-corrected chi connectivity index (χ1v) is 9.75. The Bertz CT molecular complexity index is 830. The minimum atomic E-state index is -0.518. The molecule has 0 unspecified atom stereocenters. The zero-order valence-electron chi connectivity index (χ0n) is 16.8. The van der Waals surface area contributed by atoms with Crippen molar-refractivity contribution in [3.05, 3.63) is 65.2 Å². The summed E-state index contributed by atoms with van der Waals surface area (Å²) in [5, 5.41) is 2.95. The summed E-state index contributed by atoms with van der Waals surface area (Å²) in [4.78, 5) is 27.5. The third kappa shape index (κ3) is 4.71. The third-order valence-corrected chi connectivity index (χ3v) is 5.22. The van der Waals surface area contributed by atoms with Gasteiger partial charge >= 0.3 is 0 Å². The van der Waals surface area contributed by atoms with Crippen LogP contribution < -0.4 is 10.1 Å². The topological polar surface area (TPSA) is 58.6 Å². The fourth-order valence-corrected chi connectivity index (χ4v) is 3.55. The lowest BCUT2D eigenvalue weighted by Gasteiger charge is -2.33. The highest BCUT2D eigenvalue weighted by atomic mass is 16.5. The predicted octanol–water partition coefficient (Wildman–Crippen LogP) is 2.96. The number of nitrogens with one attached hydrogen (secondary N) is 1. The summed E-state index contributed by atoms with van der Waals surface area (Å²) in [6, 6.07) is 15.1. The van der Waals surface area contributed by atoms with Crippen LogP contribution in [0.5, 0.6) is 5.75 Å². The highest BCUT2D eigenvalue weighted by molar-refractivity contribution is 5.88. The standard InChI is InChI=1S/C23H28N2O3/c1-16(2)22(24-21(26)14-17-8-10-20(28-3)11-9-17)23(27)25-13-12-18-6-4-5-7-19(18)15-25/h4-11,16,22H,12-15H2,1-3H3,(H,24,26)/t22-/m0/s1. The maximum Gasteiger partial charge on any atom is 0.245 e. The average molecular weight is 380 g/mol. The van der Waals surface area contributed by atoms with E-state index in [1.165, 1.54) is 11.1 Å². The molecular formula is C23H28N2O3. The van der Waals surface area contributed by atoms with E-state index in [0.717, 1.165) is 17.7 Å². The van der Waals surface area contributed by atoms with Gasteiger partial charge in [0, 0.05) is 13.1 Å². The van der Waals surface area contributed by atoms with E-state index >= 15 is 0 Å². The van der Waals surface area contributed by atoms with Gasteiger partial charge in [0.05, 0.1) is 13.5 Å². The molecule has 3 rings (SSSR count). The number of hydrogen-bond acceptors (Lipinski definition) is 3. The average Bonchev–Trinajstić information content (AvgIpc) is 2.71. The highest BCUT2D eigenvalue weighted by Crippen LogP contribution is 2.20. The molecule has 2 aromatic carbocycles. The van der Waals surface area contributed by atoms with Crippen LogP contribution in [0.1, 0.15) is 30.5 Å². The summed E-state index contributed by atoms with van der Waals surface area (Å²) in [5.74, 6) is 0.622. The Morgan fingerprint density at radius 2 is 1.75 bits per heavy atom. The maximum absolute atomic E-state index is 13.1. The Labute approximate surface area is 166 Å². The second-order valence-corrected chi connectivity index (χ2v) is 7.59. The molecule has 0 aromatic heterocycles. The quantitative estimate of drug-likeness (QED) is 0.838. The van der Waals surface area contributed by atoms with Gasteiger partial charge in [0.15, 0.2) is 0 Å². The van der Waals surface area contributed by atoms with Crippen LogP contribution in [0.3, 0.4) is 0 Å². The fourth-order valence-electron chi connectivity index (χ4n) is 3.55. The first-order valence-electron chi connectivity index (χ1n) is 9.75. The van der Waals surface area contributed by atoms with Crippen molar-refractivity contribution in [1.82, 2.24) is 10.2 Å². The fraction of sp³-hybridized carbons (Fsp3) is 0.391. The number of amides is 2. The Kier molecular flexibility index (Phi) is 6.34. The van der Waals surface area contributed by atoms with Crippen LogP contribution >= 0.6 is 0 Å². The Hall–Kier alpha value is -2.82. The lowest BCUT2D eigenvalue weighted by molar-refractivity contribution is -0.138. The first-order chi connectivity index (χ1) is 13.5. The number of benzene rings is 2. The van der Waals surface area contributed by atoms with Crippen LogP contribution in [0.15, 0.2) is 48.5 Å². The molecule has 0 radical (unpaired) electrons. The van der Waals surface area contributed by atoms with E-state index in [9.17, 15) is 9.59 Å². The molecular weight excluding hydrogens is 352 g/mol. The Balaban J connectivity index is 1.64. The van der Waals surface area contributed by atoms with Gasteiger partial charge in [-0.1, -0.05) is 50.2 Å². The molecule has 5 nitrogen and oxygen atoms in total. The molecule has 0 fully saturated rings. The number of methoxy groups -OCH3 is 1. The molecule has 148 valence electrons. The van der Waals surface area contributed by atoms with E-state index < -0.39 is 6.04 Å². The van der Waals surface area contributed by atoms with Gasteiger partial charge in [-0.15, -0.1) is 0 Å². The summed E-state index contributed by atoms with van der Waals surface area (Å²) in [7, 11) is 1.61. The van der Waals surface area contributed by atoms with Crippen LogP contribution in [-0.2, 0) is 29.0 Å². The van der Waals surface area contributed by atoms with E-state index in [0.29, 0.717) is 13.1 Å². The summed E-state index contributed by atoms with van der Waals surface area (Å²) in [6.45, 7) is 5.22. The van der Waals surface area contributed by atoms with Crippen molar-refractivity contribution in [2.24, 2.45) is 5.92 Å². The van der Waals surface area contributed by atoms with Crippen LogP contribution in [0.25, 0.3) is 0 Å². The maximum atomic E-state index is 13.1. The summed E-state index contributed by atoms with van der Waals surface area (Å²) >= 11 is 0. The van der Waals surface area contributed by atoms with E-state index in [-0.39, 0.29) is 24.2 Å². The van der Waals surface area contributed by atoms with Crippen molar-refractivity contribution in [3.63, 3.8) is 0 Å². The lowest BCUT2D eigenvalue weighted by atomic mass is 9.97. The van der Waals surface area contributed by atoms with Crippen LogP contribution in [0.2, 0.25) is 0 Å². The van der Waals surface area contributed by atoms with Crippen molar-refractivity contribution < 1.29 is 14.3 Å². The molecule has 0 saturated carbocycles. The number of carbonyl (C=O) groups is 2. The van der Waals surface area contributed by atoms with Crippen molar-refractivity contribution in [3.8, 4) is 5.75 Å². The number of fused-ring (bicyclic) bond motifs is 1. The molecule has 1 aliphatic rings. The summed E-state index contributed by atoms with van der Waals surface area (Å²) in [5.41, 5.74) is 3.38. The second-order valence-electron chi connectivity index (χ2n) is 7.59. The van der Waals surface area contributed by atoms with E-state index in [2.05, 4.69) is 17.4 Å². The Morgan fingerprint density at radius 3 is 2.39 bits per heavy atom. The predicted molar refractivity (Wildman–Crippen MR) is 109 cm³/mol. The number of carbonyl (C=O) groups excluding carboxylic acids is 2. The smallest absolute Gasteiger partial charge is 0.245 e. The zero-order valence-corrected chi connectivity index (χ0v) is 16.8. The van der Waals surface area contributed by atoms with Crippen molar-refractivity contribution >= 4 is 11.8 Å². The first kappa shape index (κ1) is 19.9. The molecule has 1 heterocycles. The number of hydrogen-bond donors (Lipinski definition) is 1. The summed E-state index contributed by atoms with van der Waals surface area (Å²) < 4.78 is 5.14. The monoisotopic (exact) mass is 380 g/mol. The van der Waals surface area contributed by atoms with Gasteiger partial charge in [-0.3, -0.25) is 9.59 Å². The molecule has 2 aromatic rings. The zero-order chi connectivity index (χ0) is 20.1. The second kappa shape index (κ2) is 8.91. The molecule has 1 aliphatic heterocycles. The van der Waals surface area contributed by atoms with Crippen molar-refractivity contribution in [2.45, 2.75) is 39.3 Å². The number of rotatable bonds is 6. The molecule has 5 heteroatoms. The molecule has 28 heavy (non-hydrogen) atoms. The van der Waals surface area contributed by atoms with E-state index in [1.807, 2.05) is 55.1 Å². The minimum absolute atomic E-state index is 0.00687. The van der Waals surface area contributed by atoms with Crippen LogP contribution in [0.4, 0.5) is 0 Å². The molecule has 0 spiro atoms. The molecule has 1 atom stereocenters. The van der Waals surface area contributed by atoms with E-state index in [4.69, 9.17) is 4.74 Å². The van der Waals surface area contributed by atoms with Gasteiger partial charge < -0.3 is 15.0 Å². The van der Waals surface area contributed by atoms with Crippen LogP contribution in [0, 0.1) is 5.92 Å². The Morgan fingerprint density at radius 1 is 1.07 bits per heavy atom. The van der Waals surface area contributed by atoms with Crippen molar-refractivity contribution in [1.29, 1.82) is 0 Å². The highest BCUT2D eigenvalue weighted by Gasteiger charge is 2.30. The molecule has 0 saturated heterocycles. The van der Waals surface area contributed by atoms with Gasteiger partial charge in [-0.2, -0.15) is 0 Å². The van der Waals surface area contributed by atoms with Gasteiger partial charge in [-0.05, 0) is 41.2 Å². The van der Waals surface area contributed by atoms with Crippen molar-refractivity contribution in [2.75, 3.05) is 13.7 Å². The van der Waals surface area contributed by atoms with Gasteiger partial charge in [0.1, 0.15) is 11.8 Å². The summed E-state index contributed by atoms with van der Waals surface area (Å²) in [6.07, 6.45) is 1.09. The minimum Gasteiger partial charge on any atom is -0.497 e. The normalized spacial score (nSPS) is 14.4. The number of nitrogens with zero attached hydrogens (tertiary/aromatic N) is 1. The largest absolute Gasteiger partial charge is 0.497 e. The molecule has 0 bridgehead atoms. The van der Waals surface area contributed by atoms with E-state index in [1.54, 1.807) is 7.11 Å². The third-order valence-electron chi connectivity index (χ3n) is 5.22.